The van der Waals surface area contributed by atoms with Crippen molar-refractivity contribution in [3.8, 4) is 0 Å². The minimum Gasteiger partial charge on any atom is -0.450 e. The van der Waals surface area contributed by atoms with Gasteiger partial charge in [0.05, 0.1) is 6.61 Å². The molecule has 0 radical (unpaired) electrons. The van der Waals surface area contributed by atoms with Crippen LogP contribution in [-0.2, 0) is 4.74 Å². The maximum absolute atomic E-state index is 11.7. The average molecular weight is 308 g/mol. The van der Waals surface area contributed by atoms with Crippen LogP contribution in [0, 0.1) is 0 Å². The number of nitrogen functional groups attached to an aromatic ring is 1. The van der Waals surface area contributed by atoms with Gasteiger partial charge in [0.25, 0.3) is 0 Å². The molecule has 1 aromatic rings. The van der Waals surface area contributed by atoms with E-state index in [0.29, 0.717) is 44.3 Å². The molecule has 1 aliphatic rings. The molecule has 8 nitrogen and oxygen atoms in total. The zero-order valence-corrected chi connectivity index (χ0v) is 13.2. The van der Waals surface area contributed by atoms with Crippen molar-refractivity contribution in [3.63, 3.8) is 0 Å². The summed E-state index contributed by atoms with van der Waals surface area (Å²) in [6.07, 6.45) is 2.25. The summed E-state index contributed by atoms with van der Waals surface area (Å²) < 4.78 is 5.02. The first-order chi connectivity index (χ1) is 10.7. The van der Waals surface area contributed by atoms with E-state index in [9.17, 15) is 4.79 Å². The Labute approximate surface area is 130 Å². The molecule has 8 heteroatoms. The third-order valence-corrected chi connectivity index (χ3v) is 3.51. The van der Waals surface area contributed by atoms with Crippen molar-refractivity contribution in [1.82, 2.24) is 14.9 Å². The minimum atomic E-state index is -0.261. The van der Waals surface area contributed by atoms with Crippen molar-refractivity contribution < 1.29 is 9.53 Å². The number of nitrogens with zero attached hydrogens (tertiary/aromatic N) is 4. The molecule has 0 atom stereocenters. The van der Waals surface area contributed by atoms with Crippen LogP contribution in [0.2, 0.25) is 0 Å². The van der Waals surface area contributed by atoms with Gasteiger partial charge >= 0.3 is 6.09 Å². The molecule has 0 saturated carbocycles. The third kappa shape index (κ3) is 3.69. The lowest BCUT2D eigenvalue weighted by Gasteiger charge is -2.35. The van der Waals surface area contributed by atoms with Gasteiger partial charge in [0.15, 0.2) is 11.6 Å². The highest BCUT2D eigenvalue weighted by Crippen LogP contribution is 2.26. The second-order valence-electron chi connectivity index (χ2n) is 5.06. The fourth-order valence-corrected chi connectivity index (χ4v) is 2.34. The van der Waals surface area contributed by atoms with Gasteiger partial charge in [-0.25, -0.2) is 14.8 Å². The number of nitrogens with one attached hydrogen (secondary N) is 1. The molecule has 3 N–H and O–H groups in total. The van der Waals surface area contributed by atoms with Crippen LogP contribution < -0.4 is 16.0 Å². The fourth-order valence-electron chi connectivity index (χ4n) is 2.34. The first-order valence-electron chi connectivity index (χ1n) is 7.68. The van der Waals surface area contributed by atoms with Crippen LogP contribution in [0.5, 0.6) is 0 Å². The van der Waals surface area contributed by atoms with Gasteiger partial charge < -0.3 is 25.6 Å². The van der Waals surface area contributed by atoms with Crippen LogP contribution in [-0.4, -0.2) is 60.3 Å². The Hall–Kier alpha value is -2.25. The van der Waals surface area contributed by atoms with Gasteiger partial charge in [0, 0.05) is 32.7 Å². The van der Waals surface area contributed by atoms with Crippen LogP contribution in [0.1, 0.15) is 20.3 Å². The summed E-state index contributed by atoms with van der Waals surface area (Å²) in [7, 11) is 0. The van der Waals surface area contributed by atoms with Crippen molar-refractivity contribution in [1.29, 1.82) is 0 Å². The Morgan fingerprint density at radius 3 is 2.68 bits per heavy atom. The van der Waals surface area contributed by atoms with Gasteiger partial charge in [-0.05, 0) is 13.3 Å². The molecule has 0 bridgehead atoms. The second kappa shape index (κ2) is 7.67. The molecule has 1 fully saturated rings. The van der Waals surface area contributed by atoms with Crippen molar-refractivity contribution >= 4 is 23.4 Å². The third-order valence-electron chi connectivity index (χ3n) is 3.51. The van der Waals surface area contributed by atoms with E-state index in [0.717, 1.165) is 18.8 Å². The normalized spacial score (nSPS) is 14.8. The highest BCUT2D eigenvalue weighted by molar-refractivity contribution is 5.75. The molecule has 2 rings (SSSR count). The minimum absolute atomic E-state index is 0.261. The SMILES string of the molecule is CCCNc1ncnc(N2CCN(C(=O)OCC)CC2)c1N. The zero-order chi connectivity index (χ0) is 15.9. The summed E-state index contributed by atoms with van der Waals surface area (Å²) in [5.74, 6) is 1.39. The molecular formula is C14H24N6O2. The number of amides is 1. The molecule has 0 unspecified atom stereocenters. The van der Waals surface area contributed by atoms with E-state index >= 15 is 0 Å². The number of hydrogen-bond acceptors (Lipinski definition) is 7. The molecule has 122 valence electrons. The smallest absolute Gasteiger partial charge is 0.409 e. The standard InChI is InChI=1S/C14H24N6O2/c1-3-5-16-12-11(15)13(18-10-17-12)19-6-8-20(9-7-19)14(21)22-4-2/h10H,3-9,15H2,1-2H3,(H,16,17,18). The highest BCUT2D eigenvalue weighted by Gasteiger charge is 2.24. The van der Waals surface area contributed by atoms with E-state index < -0.39 is 0 Å². The maximum Gasteiger partial charge on any atom is 0.409 e. The van der Waals surface area contributed by atoms with Crippen LogP contribution in [0.25, 0.3) is 0 Å². The number of carbonyl (C=O) groups excluding carboxylic acids is 1. The molecule has 0 aromatic carbocycles. The van der Waals surface area contributed by atoms with Crippen LogP contribution >= 0.6 is 0 Å². The number of aromatic nitrogens is 2. The van der Waals surface area contributed by atoms with E-state index in [-0.39, 0.29) is 6.09 Å². The number of ether oxygens (including phenoxy) is 1. The number of rotatable bonds is 5. The number of anilines is 3. The van der Waals surface area contributed by atoms with Gasteiger partial charge in [0.2, 0.25) is 0 Å². The molecule has 1 aliphatic heterocycles. The molecular weight excluding hydrogens is 284 g/mol. The molecule has 1 saturated heterocycles. The van der Waals surface area contributed by atoms with Gasteiger partial charge in [-0.3, -0.25) is 0 Å². The largest absolute Gasteiger partial charge is 0.450 e. The molecule has 1 amide bonds. The van der Waals surface area contributed by atoms with Gasteiger partial charge in [0.1, 0.15) is 12.0 Å². The monoisotopic (exact) mass is 308 g/mol. The Morgan fingerprint density at radius 2 is 2.05 bits per heavy atom. The van der Waals surface area contributed by atoms with Crippen molar-refractivity contribution in [2.24, 2.45) is 0 Å². The molecule has 22 heavy (non-hydrogen) atoms. The quantitative estimate of drug-likeness (QED) is 0.842. The number of carbonyl (C=O) groups is 1. The summed E-state index contributed by atoms with van der Waals surface area (Å²) in [4.78, 5) is 24.0. The predicted molar refractivity (Wildman–Crippen MR) is 86.0 cm³/mol. The Kier molecular flexibility index (Phi) is 5.62. The first kappa shape index (κ1) is 16.1. The summed E-state index contributed by atoms with van der Waals surface area (Å²) >= 11 is 0. The van der Waals surface area contributed by atoms with Crippen molar-refractivity contribution in [3.05, 3.63) is 6.33 Å². The first-order valence-corrected chi connectivity index (χ1v) is 7.68. The van der Waals surface area contributed by atoms with E-state index in [1.54, 1.807) is 11.8 Å². The molecule has 2 heterocycles. The van der Waals surface area contributed by atoms with Crippen molar-refractivity contribution in [2.75, 3.05) is 55.3 Å². The maximum atomic E-state index is 11.7. The van der Waals surface area contributed by atoms with Crippen LogP contribution in [0.15, 0.2) is 6.33 Å². The topological polar surface area (TPSA) is 96.6 Å². The Morgan fingerprint density at radius 1 is 1.32 bits per heavy atom. The van der Waals surface area contributed by atoms with Gasteiger partial charge in [-0.15, -0.1) is 0 Å². The van der Waals surface area contributed by atoms with Gasteiger partial charge in [-0.1, -0.05) is 6.92 Å². The second-order valence-corrected chi connectivity index (χ2v) is 5.06. The summed E-state index contributed by atoms with van der Waals surface area (Å²) in [5.41, 5.74) is 6.72. The molecule has 0 aliphatic carbocycles. The lowest BCUT2D eigenvalue weighted by molar-refractivity contribution is 0.105. The van der Waals surface area contributed by atoms with E-state index in [2.05, 4.69) is 27.1 Å². The molecule has 0 spiro atoms. The van der Waals surface area contributed by atoms with E-state index in [1.807, 2.05) is 0 Å². The zero-order valence-electron chi connectivity index (χ0n) is 13.2. The number of nitrogens with two attached hydrogens (primary N) is 1. The summed E-state index contributed by atoms with van der Waals surface area (Å²) in [6.45, 7) is 7.64. The van der Waals surface area contributed by atoms with Gasteiger partial charge in [-0.2, -0.15) is 0 Å². The van der Waals surface area contributed by atoms with Crippen LogP contribution in [0.3, 0.4) is 0 Å². The Balaban J connectivity index is 2.00. The number of piperazine rings is 1. The number of hydrogen-bond donors (Lipinski definition) is 2. The highest BCUT2D eigenvalue weighted by atomic mass is 16.6. The van der Waals surface area contributed by atoms with Crippen molar-refractivity contribution in [2.45, 2.75) is 20.3 Å². The van der Waals surface area contributed by atoms with Crippen LogP contribution in [0.4, 0.5) is 22.1 Å². The molecule has 1 aromatic heterocycles. The van der Waals surface area contributed by atoms with E-state index in [1.165, 1.54) is 6.33 Å². The summed E-state index contributed by atoms with van der Waals surface area (Å²) in [6, 6.07) is 0. The lowest BCUT2D eigenvalue weighted by Crippen LogP contribution is -2.49. The van der Waals surface area contributed by atoms with E-state index in [4.69, 9.17) is 10.5 Å². The predicted octanol–water partition coefficient (Wildman–Crippen LogP) is 1.16. The fraction of sp³-hybridized carbons (Fsp3) is 0.643. The Bertz CT molecular complexity index is 502. The average Bonchev–Trinajstić information content (AvgIpc) is 2.54. The summed E-state index contributed by atoms with van der Waals surface area (Å²) in [5, 5.41) is 3.20. The lowest BCUT2D eigenvalue weighted by atomic mass is 10.3.